The third-order valence-electron chi connectivity index (χ3n) is 9.04. The number of ether oxygens (including phenoxy) is 2. The number of rotatable bonds is 8. The van der Waals surface area contributed by atoms with E-state index in [4.69, 9.17) is 9.47 Å². The van der Waals surface area contributed by atoms with Crippen molar-refractivity contribution in [2.24, 2.45) is 5.92 Å². The van der Waals surface area contributed by atoms with Gasteiger partial charge >= 0.3 is 0 Å². The zero-order valence-corrected chi connectivity index (χ0v) is 23.6. The summed E-state index contributed by atoms with van der Waals surface area (Å²) in [6, 6.07) is 13.9. The van der Waals surface area contributed by atoms with E-state index >= 15 is 0 Å². The lowest BCUT2D eigenvalue weighted by atomic mass is 9.95. The molecule has 2 saturated heterocycles. The molecule has 6 heteroatoms. The molecule has 3 aliphatic rings. The second kappa shape index (κ2) is 10.8. The molecule has 0 unspecified atom stereocenters. The van der Waals surface area contributed by atoms with Gasteiger partial charge in [0.15, 0.2) is 11.5 Å². The third kappa shape index (κ3) is 5.13. The van der Waals surface area contributed by atoms with Crippen LogP contribution in [0.25, 0.3) is 22.2 Å². The predicted octanol–water partition coefficient (Wildman–Crippen LogP) is 5.97. The van der Waals surface area contributed by atoms with Crippen LogP contribution in [-0.2, 0) is 0 Å². The van der Waals surface area contributed by atoms with E-state index in [-0.39, 0.29) is 0 Å². The van der Waals surface area contributed by atoms with Crippen LogP contribution < -0.4 is 14.4 Å². The van der Waals surface area contributed by atoms with Crippen LogP contribution in [-0.4, -0.2) is 80.9 Å². The molecule has 2 aliphatic heterocycles. The van der Waals surface area contributed by atoms with Gasteiger partial charge in [-0.05, 0) is 79.5 Å². The van der Waals surface area contributed by atoms with Gasteiger partial charge in [0, 0.05) is 74.0 Å². The number of benzene rings is 2. The molecule has 3 fully saturated rings. The summed E-state index contributed by atoms with van der Waals surface area (Å²) in [7, 11) is 3.38. The smallest absolute Gasteiger partial charge is 0.161 e. The normalized spacial score (nSPS) is 20.0. The van der Waals surface area contributed by atoms with E-state index in [9.17, 15) is 0 Å². The molecule has 0 atom stereocenters. The SMILES string of the molecule is COc1ccc(-c2[nH]c3ccc(N4CCC(N5CCN(CC6CC6)CC5)CC4)cc3c2C(C)C)cc1OC. The summed E-state index contributed by atoms with van der Waals surface area (Å²) in [5.74, 6) is 2.91. The topological polar surface area (TPSA) is 44.0 Å². The van der Waals surface area contributed by atoms with Crippen LogP contribution in [0.4, 0.5) is 5.69 Å². The predicted molar refractivity (Wildman–Crippen MR) is 157 cm³/mol. The van der Waals surface area contributed by atoms with Crippen LogP contribution in [0.3, 0.4) is 0 Å². The molecule has 1 aliphatic carbocycles. The highest BCUT2D eigenvalue weighted by Crippen LogP contribution is 2.40. The lowest BCUT2D eigenvalue weighted by Gasteiger charge is -2.43. The minimum absolute atomic E-state index is 0.395. The number of aromatic nitrogens is 1. The molecule has 1 saturated carbocycles. The number of hydrogen-bond donors (Lipinski definition) is 1. The number of methoxy groups -OCH3 is 2. The number of nitrogens with one attached hydrogen (secondary N) is 1. The fourth-order valence-electron chi connectivity index (χ4n) is 6.68. The maximum Gasteiger partial charge on any atom is 0.161 e. The fraction of sp³-hybridized carbons (Fsp3) is 0.562. The Morgan fingerprint density at radius 3 is 2.24 bits per heavy atom. The van der Waals surface area contributed by atoms with E-state index in [1.807, 2.05) is 6.07 Å². The molecule has 3 heterocycles. The highest BCUT2D eigenvalue weighted by atomic mass is 16.5. The first-order chi connectivity index (χ1) is 18.5. The monoisotopic (exact) mass is 516 g/mol. The average Bonchev–Trinajstić information content (AvgIpc) is 3.68. The van der Waals surface area contributed by atoms with Crippen molar-refractivity contribution < 1.29 is 9.47 Å². The number of anilines is 1. The van der Waals surface area contributed by atoms with E-state index < -0.39 is 0 Å². The summed E-state index contributed by atoms with van der Waals surface area (Å²) in [5, 5.41) is 1.33. The zero-order chi connectivity index (χ0) is 26.2. The summed E-state index contributed by atoms with van der Waals surface area (Å²) in [5.41, 5.74) is 6.22. The summed E-state index contributed by atoms with van der Waals surface area (Å²) >= 11 is 0. The second-order valence-electron chi connectivity index (χ2n) is 11.9. The molecule has 0 bridgehead atoms. The zero-order valence-electron chi connectivity index (χ0n) is 23.6. The Hall–Kier alpha value is -2.70. The number of nitrogens with zero attached hydrogens (tertiary/aromatic N) is 3. The van der Waals surface area contributed by atoms with Crippen molar-refractivity contribution in [3.05, 3.63) is 42.0 Å². The van der Waals surface area contributed by atoms with Crippen molar-refractivity contribution in [3.8, 4) is 22.8 Å². The largest absolute Gasteiger partial charge is 0.493 e. The molecule has 2 aromatic carbocycles. The van der Waals surface area contributed by atoms with Gasteiger partial charge in [0.05, 0.1) is 19.9 Å². The van der Waals surface area contributed by atoms with Crippen molar-refractivity contribution in [1.29, 1.82) is 0 Å². The number of aromatic amines is 1. The molecule has 6 rings (SSSR count). The fourth-order valence-corrected chi connectivity index (χ4v) is 6.68. The van der Waals surface area contributed by atoms with Crippen molar-refractivity contribution in [1.82, 2.24) is 14.8 Å². The minimum Gasteiger partial charge on any atom is -0.493 e. The molecule has 204 valence electrons. The molecule has 38 heavy (non-hydrogen) atoms. The Balaban J connectivity index is 1.17. The maximum atomic E-state index is 5.60. The van der Waals surface area contributed by atoms with Gasteiger partial charge in [-0.15, -0.1) is 0 Å². The standard InChI is InChI=1S/C32H44N4O2/c1-22(2)31-27-20-26(8-9-28(27)33-32(31)24-7-10-29(37-3)30(19-24)38-4)35-13-11-25(12-14-35)36-17-15-34(16-18-36)21-23-5-6-23/h7-10,19-20,22-23,25,33H,5-6,11-18,21H2,1-4H3. The highest BCUT2D eigenvalue weighted by molar-refractivity contribution is 5.93. The Bertz CT molecular complexity index is 1250. The molecule has 0 amide bonds. The van der Waals surface area contributed by atoms with Gasteiger partial charge in [-0.1, -0.05) is 13.8 Å². The molecule has 0 spiro atoms. The van der Waals surface area contributed by atoms with E-state index in [2.05, 4.69) is 63.9 Å². The van der Waals surface area contributed by atoms with E-state index in [0.29, 0.717) is 5.92 Å². The van der Waals surface area contributed by atoms with Crippen molar-refractivity contribution in [3.63, 3.8) is 0 Å². The maximum absolute atomic E-state index is 5.60. The van der Waals surface area contributed by atoms with E-state index in [0.717, 1.165) is 42.1 Å². The molecule has 6 nitrogen and oxygen atoms in total. The van der Waals surface area contributed by atoms with Crippen LogP contribution in [0.2, 0.25) is 0 Å². The molecule has 1 N–H and O–H groups in total. The highest BCUT2D eigenvalue weighted by Gasteiger charge is 2.30. The summed E-state index contributed by atoms with van der Waals surface area (Å²) in [6.07, 6.45) is 5.45. The molecule has 3 aromatic rings. The second-order valence-corrected chi connectivity index (χ2v) is 11.9. The molecule has 0 radical (unpaired) electrons. The number of H-pyrrole nitrogens is 1. The van der Waals surface area contributed by atoms with E-state index in [1.54, 1.807) is 14.2 Å². The number of piperidine rings is 1. The Morgan fingerprint density at radius 2 is 1.58 bits per heavy atom. The van der Waals surface area contributed by atoms with E-state index in [1.165, 1.54) is 86.3 Å². The van der Waals surface area contributed by atoms with Crippen molar-refractivity contribution >= 4 is 16.6 Å². The summed E-state index contributed by atoms with van der Waals surface area (Å²) < 4.78 is 11.1. The lowest BCUT2D eigenvalue weighted by Crippen LogP contribution is -2.53. The van der Waals surface area contributed by atoms with Crippen molar-refractivity contribution in [2.75, 3.05) is 64.9 Å². The summed E-state index contributed by atoms with van der Waals surface area (Å²) in [6.45, 7) is 13.2. The molecular weight excluding hydrogens is 472 g/mol. The molecular formula is C32H44N4O2. The van der Waals surface area contributed by atoms with Crippen molar-refractivity contribution in [2.45, 2.75) is 51.5 Å². The van der Waals surface area contributed by atoms with Gasteiger partial charge in [0.2, 0.25) is 0 Å². The molecule has 1 aromatic heterocycles. The van der Waals surface area contributed by atoms with Gasteiger partial charge in [-0.2, -0.15) is 0 Å². The Labute approximate surface area is 227 Å². The quantitative estimate of drug-likeness (QED) is 0.400. The number of piperazine rings is 1. The number of hydrogen-bond acceptors (Lipinski definition) is 5. The van der Waals surface area contributed by atoms with Gasteiger partial charge in [0.1, 0.15) is 0 Å². The first-order valence-electron chi connectivity index (χ1n) is 14.6. The lowest BCUT2D eigenvalue weighted by molar-refractivity contribution is 0.0825. The minimum atomic E-state index is 0.395. The van der Waals surface area contributed by atoms with Crippen LogP contribution >= 0.6 is 0 Å². The van der Waals surface area contributed by atoms with Gasteiger partial charge < -0.3 is 24.3 Å². The van der Waals surface area contributed by atoms with Crippen LogP contribution in [0.15, 0.2) is 36.4 Å². The van der Waals surface area contributed by atoms with Gasteiger partial charge in [-0.3, -0.25) is 4.90 Å². The first-order valence-corrected chi connectivity index (χ1v) is 14.6. The summed E-state index contributed by atoms with van der Waals surface area (Å²) in [4.78, 5) is 11.8. The third-order valence-corrected chi connectivity index (χ3v) is 9.04. The van der Waals surface area contributed by atoms with Crippen LogP contribution in [0.1, 0.15) is 51.0 Å². The average molecular weight is 517 g/mol. The number of fused-ring (bicyclic) bond motifs is 1. The van der Waals surface area contributed by atoms with Gasteiger partial charge in [-0.25, -0.2) is 0 Å². The first kappa shape index (κ1) is 25.6. The van der Waals surface area contributed by atoms with Crippen LogP contribution in [0, 0.1) is 5.92 Å². The van der Waals surface area contributed by atoms with Gasteiger partial charge in [0.25, 0.3) is 0 Å². The Kier molecular flexibility index (Phi) is 7.28. The van der Waals surface area contributed by atoms with Crippen LogP contribution in [0.5, 0.6) is 11.5 Å². The Morgan fingerprint density at radius 1 is 0.842 bits per heavy atom.